The van der Waals surface area contributed by atoms with Crippen LogP contribution in [0.5, 0.6) is 0 Å². The van der Waals surface area contributed by atoms with Crippen molar-refractivity contribution in [3.63, 3.8) is 0 Å². The normalized spacial score (nSPS) is 10.8. The smallest absolute Gasteiger partial charge is 0.289 e. The monoisotopic (exact) mass is 507 g/mol. The molecule has 4 N–H and O–H groups in total. The van der Waals surface area contributed by atoms with Crippen LogP contribution < -0.4 is 22.1 Å². The minimum absolute atomic E-state index is 0.0230. The number of halogens is 3. The van der Waals surface area contributed by atoms with Crippen molar-refractivity contribution in [1.82, 2.24) is 15.0 Å². The summed E-state index contributed by atoms with van der Waals surface area (Å²) in [5, 5.41) is 2.52. The molecule has 0 saturated carbocycles. The third-order valence-corrected chi connectivity index (χ3v) is 4.84. The number of pyridine rings is 2. The maximum Gasteiger partial charge on any atom is 0.289 e. The lowest BCUT2D eigenvalue weighted by molar-refractivity contribution is 0.0309. The number of aromatic nitrogens is 2. The van der Waals surface area contributed by atoms with Gasteiger partial charge in [-0.15, -0.1) is 0 Å². The predicted molar refractivity (Wildman–Crippen MR) is 118 cm³/mol. The van der Waals surface area contributed by atoms with E-state index in [0.717, 1.165) is 4.57 Å². The second-order valence-electron chi connectivity index (χ2n) is 6.70. The first-order chi connectivity index (χ1) is 15.4. The van der Waals surface area contributed by atoms with Gasteiger partial charge in [-0.1, -0.05) is 22.0 Å². The molecular weight excluding hydrogens is 488 g/mol. The molecule has 3 rings (SSSR count). The molecule has 11 heteroatoms. The molecular formula is C21H20BrF2N5O3. The van der Waals surface area contributed by atoms with Gasteiger partial charge >= 0.3 is 0 Å². The zero-order valence-electron chi connectivity index (χ0n) is 16.8. The van der Waals surface area contributed by atoms with E-state index in [1.165, 1.54) is 30.6 Å². The molecule has 0 aliphatic carbocycles. The van der Waals surface area contributed by atoms with Crippen molar-refractivity contribution >= 4 is 33.2 Å². The van der Waals surface area contributed by atoms with E-state index < -0.39 is 28.8 Å². The Balaban J connectivity index is 2.02. The van der Waals surface area contributed by atoms with Gasteiger partial charge in [0.05, 0.1) is 30.1 Å². The van der Waals surface area contributed by atoms with E-state index in [0.29, 0.717) is 23.0 Å². The standard InChI is InChI=1S/C21H20BrF2N5O3/c22-14-4-5-17(16(23)9-14)27-19-15(20(30)28-32-8-2-6-25)12-29(21(31)18(19)24)11-13-3-1-7-26-10-13/h1,3-5,7,9-10,12,27H,2,6,8,11,25H2,(H,28,30). The van der Waals surface area contributed by atoms with Crippen molar-refractivity contribution in [1.29, 1.82) is 0 Å². The number of amides is 1. The Morgan fingerprint density at radius 2 is 2.09 bits per heavy atom. The molecule has 3 aromatic rings. The number of nitrogens with two attached hydrogens (primary N) is 1. The van der Waals surface area contributed by atoms with Gasteiger partial charge in [-0.3, -0.25) is 19.4 Å². The van der Waals surface area contributed by atoms with Crippen LogP contribution in [0.15, 0.2) is 58.2 Å². The lowest BCUT2D eigenvalue weighted by Gasteiger charge is -2.16. The highest BCUT2D eigenvalue weighted by atomic mass is 79.9. The molecule has 0 saturated heterocycles. The van der Waals surface area contributed by atoms with Crippen LogP contribution in [0.1, 0.15) is 22.3 Å². The Morgan fingerprint density at radius 1 is 1.28 bits per heavy atom. The summed E-state index contributed by atoms with van der Waals surface area (Å²) in [7, 11) is 0. The van der Waals surface area contributed by atoms with Crippen LogP contribution >= 0.6 is 15.9 Å². The number of hydrogen-bond acceptors (Lipinski definition) is 6. The molecule has 0 radical (unpaired) electrons. The number of carbonyl (C=O) groups is 1. The van der Waals surface area contributed by atoms with E-state index in [-0.39, 0.29) is 24.4 Å². The topological polar surface area (TPSA) is 111 Å². The van der Waals surface area contributed by atoms with Crippen molar-refractivity contribution in [3.8, 4) is 0 Å². The Kier molecular flexibility index (Phi) is 8.03. The van der Waals surface area contributed by atoms with Gasteiger partial charge in [-0.25, -0.2) is 9.87 Å². The van der Waals surface area contributed by atoms with Gasteiger partial charge in [-0.05, 0) is 42.8 Å². The maximum absolute atomic E-state index is 15.1. The predicted octanol–water partition coefficient (Wildman–Crippen LogP) is 3.09. The van der Waals surface area contributed by atoms with Crippen LogP contribution in [0.3, 0.4) is 0 Å². The van der Waals surface area contributed by atoms with E-state index >= 15 is 4.39 Å². The fourth-order valence-electron chi connectivity index (χ4n) is 2.78. The summed E-state index contributed by atoms with van der Waals surface area (Å²) in [4.78, 5) is 34.4. The number of benzene rings is 1. The van der Waals surface area contributed by atoms with Gasteiger partial charge in [0.2, 0.25) is 5.82 Å². The average Bonchev–Trinajstić information content (AvgIpc) is 2.78. The molecule has 0 spiro atoms. The highest BCUT2D eigenvalue weighted by molar-refractivity contribution is 9.10. The largest absolute Gasteiger partial charge is 0.350 e. The summed E-state index contributed by atoms with van der Waals surface area (Å²) >= 11 is 3.14. The van der Waals surface area contributed by atoms with Crippen LogP contribution in [0.2, 0.25) is 0 Å². The number of nitrogens with zero attached hydrogens (tertiary/aromatic N) is 2. The van der Waals surface area contributed by atoms with Crippen LogP contribution in [-0.2, 0) is 11.4 Å². The molecule has 1 amide bonds. The molecule has 0 aliphatic heterocycles. The quantitative estimate of drug-likeness (QED) is 0.303. The first-order valence-corrected chi connectivity index (χ1v) is 10.4. The second kappa shape index (κ2) is 10.9. The average molecular weight is 508 g/mol. The van der Waals surface area contributed by atoms with Crippen molar-refractivity contribution in [2.45, 2.75) is 13.0 Å². The second-order valence-corrected chi connectivity index (χ2v) is 7.61. The van der Waals surface area contributed by atoms with Crippen LogP contribution in [0.25, 0.3) is 0 Å². The van der Waals surface area contributed by atoms with Gasteiger partial charge in [0.15, 0.2) is 0 Å². The zero-order valence-corrected chi connectivity index (χ0v) is 18.4. The first kappa shape index (κ1) is 23.5. The summed E-state index contributed by atoms with van der Waals surface area (Å²) < 4.78 is 31.0. The summed E-state index contributed by atoms with van der Waals surface area (Å²) in [6.45, 7) is 0.477. The molecule has 32 heavy (non-hydrogen) atoms. The fourth-order valence-corrected chi connectivity index (χ4v) is 3.12. The minimum atomic E-state index is -1.24. The highest BCUT2D eigenvalue weighted by Gasteiger charge is 2.22. The third kappa shape index (κ3) is 5.75. The van der Waals surface area contributed by atoms with E-state index in [9.17, 15) is 14.0 Å². The number of hydroxylamine groups is 1. The molecule has 0 atom stereocenters. The van der Waals surface area contributed by atoms with Crippen molar-refractivity contribution in [3.05, 3.63) is 86.5 Å². The molecule has 0 fully saturated rings. The SMILES string of the molecule is NCCCONC(=O)c1cn(Cc2cccnc2)c(=O)c(F)c1Nc1ccc(Br)cc1F. The Hall–Kier alpha value is -3.15. The van der Waals surface area contributed by atoms with Gasteiger partial charge in [0.1, 0.15) is 5.82 Å². The first-order valence-electron chi connectivity index (χ1n) is 9.56. The lowest BCUT2D eigenvalue weighted by atomic mass is 10.1. The van der Waals surface area contributed by atoms with Crippen molar-refractivity contribution in [2.24, 2.45) is 5.73 Å². The summed E-state index contributed by atoms with van der Waals surface area (Å²) in [6, 6.07) is 7.42. The van der Waals surface area contributed by atoms with Gasteiger partial charge in [0, 0.05) is 23.1 Å². The number of carbonyl (C=O) groups excluding carboxylic acids is 1. The van der Waals surface area contributed by atoms with Crippen molar-refractivity contribution < 1.29 is 18.4 Å². The lowest BCUT2D eigenvalue weighted by Crippen LogP contribution is -2.31. The molecule has 2 heterocycles. The Labute approximate surface area is 190 Å². The fraction of sp³-hybridized carbons (Fsp3) is 0.190. The number of rotatable bonds is 9. The minimum Gasteiger partial charge on any atom is -0.350 e. The molecule has 168 valence electrons. The Bertz CT molecular complexity index is 1160. The molecule has 0 aliphatic rings. The summed E-state index contributed by atoms with van der Waals surface area (Å²) in [5.41, 5.74) is 6.37. The van der Waals surface area contributed by atoms with Crippen LogP contribution in [0.4, 0.5) is 20.2 Å². The third-order valence-electron chi connectivity index (χ3n) is 4.35. The van der Waals surface area contributed by atoms with E-state index in [1.807, 2.05) is 0 Å². The highest BCUT2D eigenvalue weighted by Crippen LogP contribution is 2.26. The molecule has 0 unspecified atom stereocenters. The van der Waals surface area contributed by atoms with Gasteiger partial charge in [0.25, 0.3) is 11.5 Å². The number of nitrogens with one attached hydrogen (secondary N) is 2. The molecule has 8 nitrogen and oxygen atoms in total. The Morgan fingerprint density at radius 3 is 2.78 bits per heavy atom. The molecule has 2 aromatic heterocycles. The number of hydrogen-bond donors (Lipinski definition) is 3. The van der Waals surface area contributed by atoms with Gasteiger partial charge < -0.3 is 15.6 Å². The molecule has 1 aromatic carbocycles. The summed E-state index contributed by atoms with van der Waals surface area (Å²) in [5.74, 6) is -2.77. The van der Waals surface area contributed by atoms with Crippen LogP contribution in [-0.4, -0.2) is 28.6 Å². The summed E-state index contributed by atoms with van der Waals surface area (Å²) in [6.07, 6.45) is 4.75. The van der Waals surface area contributed by atoms with Gasteiger partial charge in [-0.2, -0.15) is 4.39 Å². The van der Waals surface area contributed by atoms with E-state index in [1.54, 1.807) is 18.3 Å². The zero-order chi connectivity index (χ0) is 23.1. The van der Waals surface area contributed by atoms with E-state index in [4.69, 9.17) is 10.6 Å². The van der Waals surface area contributed by atoms with E-state index in [2.05, 4.69) is 31.7 Å². The maximum atomic E-state index is 15.1. The number of anilines is 2. The van der Waals surface area contributed by atoms with Crippen LogP contribution in [0, 0.1) is 11.6 Å². The van der Waals surface area contributed by atoms with Crippen molar-refractivity contribution in [2.75, 3.05) is 18.5 Å². The molecule has 0 bridgehead atoms.